The van der Waals surface area contributed by atoms with E-state index in [0.29, 0.717) is 23.5 Å². The molecule has 1 fully saturated rings. The second-order valence-electron chi connectivity index (χ2n) is 5.89. The molecule has 2 heterocycles. The van der Waals surface area contributed by atoms with Crippen molar-refractivity contribution in [1.29, 1.82) is 0 Å². The standard InChI is InChI=1S/C14H23N5O2/c1-10(2)11-4-3-6-18(7-5-11)14-9-12(19(20)21)8-13(16-14)17-15/h8-11H,3-7,15H2,1-2H3,(H,16,17). The highest BCUT2D eigenvalue weighted by Gasteiger charge is 2.22. The first kappa shape index (κ1) is 15.5. The fourth-order valence-electron chi connectivity index (χ4n) is 2.86. The van der Waals surface area contributed by atoms with Crippen LogP contribution in [0, 0.1) is 22.0 Å². The van der Waals surface area contributed by atoms with Gasteiger partial charge in [-0.2, -0.15) is 0 Å². The zero-order valence-electron chi connectivity index (χ0n) is 12.6. The number of hydrogen-bond acceptors (Lipinski definition) is 6. The summed E-state index contributed by atoms with van der Waals surface area (Å²) in [6, 6.07) is 2.87. The molecule has 1 aromatic rings. The molecular formula is C14H23N5O2. The van der Waals surface area contributed by atoms with Crippen molar-refractivity contribution < 1.29 is 4.92 Å². The lowest BCUT2D eigenvalue weighted by Gasteiger charge is -2.22. The molecule has 0 bridgehead atoms. The van der Waals surface area contributed by atoms with Crippen LogP contribution < -0.4 is 16.2 Å². The van der Waals surface area contributed by atoms with Gasteiger partial charge in [0.15, 0.2) is 0 Å². The van der Waals surface area contributed by atoms with Gasteiger partial charge in [-0.05, 0) is 31.1 Å². The second kappa shape index (κ2) is 6.71. The van der Waals surface area contributed by atoms with Crippen LogP contribution in [0.1, 0.15) is 33.1 Å². The minimum atomic E-state index is -0.416. The summed E-state index contributed by atoms with van der Waals surface area (Å²) >= 11 is 0. The van der Waals surface area contributed by atoms with Gasteiger partial charge in [0.2, 0.25) is 0 Å². The van der Waals surface area contributed by atoms with E-state index in [2.05, 4.69) is 29.2 Å². The molecule has 7 heteroatoms. The van der Waals surface area contributed by atoms with Gasteiger partial charge >= 0.3 is 0 Å². The van der Waals surface area contributed by atoms with E-state index in [0.717, 1.165) is 25.9 Å². The molecule has 0 saturated carbocycles. The maximum absolute atomic E-state index is 11.0. The first-order chi connectivity index (χ1) is 10.0. The van der Waals surface area contributed by atoms with E-state index in [1.165, 1.54) is 18.6 Å². The van der Waals surface area contributed by atoms with Crippen molar-refractivity contribution in [3.63, 3.8) is 0 Å². The van der Waals surface area contributed by atoms with Crippen LogP contribution in [0.3, 0.4) is 0 Å². The summed E-state index contributed by atoms with van der Waals surface area (Å²) in [5.41, 5.74) is 2.41. The normalized spacial score (nSPS) is 19.4. The van der Waals surface area contributed by atoms with Gasteiger partial charge in [-0.15, -0.1) is 0 Å². The molecule has 0 spiro atoms. The van der Waals surface area contributed by atoms with Gasteiger partial charge in [0.05, 0.1) is 17.1 Å². The topological polar surface area (TPSA) is 97.3 Å². The third kappa shape index (κ3) is 3.81. The minimum Gasteiger partial charge on any atom is -0.356 e. The fourth-order valence-corrected chi connectivity index (χ4v) is 2.86. The van der Waals surface area contributed by atoms with Crippen LogP contribution in [0.4, 0.5) is 17.3 Å². The Balaban J connectivity index is 2.20. The molecule has 1 unspecified atom stereocenters. The first-order valence-corrected chi connectivity index (χ1v) is 7.39. The Hall–Kier alpha value is -1.89. The maximum atomic E-state index is 11.0. The zero-order valence-corrected chi connectivity index (χ0v) is 12.6. The largest absolute Gasteiger partial charge is 0.356 e. The molecule has 0 amide bonds. The Morgan fingerprint density at radius 3 is 2.81 bits per heavy atom. The molecule has 1 saturated heterocycles. The van der Waals surface area contributed by atoms with Crippen molar-refractivity contribution in [2.75, 3.05) is 23.4 Å². The molecular weight excluding hydrogens is 270 g/mol. The smallest absolute Gasteiger partial charge is 0.276 e. The number of anilines is 2. The molecule has 21 heavy (non-hydrogen) atoms. The highest BCUT2D eigenvalue weighted by molar-refractivity contribution is 5.55. The van der Waals surface area contributed by atoms with Gasteiger partial charge in [-0.1, -0.05) is 13.8 Å². The third-order valence-corrected chi connectivity index (χ3v) is 4.19. The molecule has 116 valence electrons. The van der Waals surface area contributed by atoms with E-state index in [-0.39, 0.29) is 5.69 Å². The molecule has 1 aliphatic rings. The van der Waals surface area contributed by atoms with Crippen LogP contribution in [-0.2, 0) is 0 Å². The van der Waals surface area contributed by atoms with Crippen LogP contribution in [-0.4, -0.2) is 23.0 Å². The van der Waals surface area contributed by atoms with E-state index in [4.69, 9.17) is 5.84 Å². The molecule has 1 atom stereocenters. The molecule has 0 aromatic carbocycles. The summed E-state index contributed by atoms with van der Waals surface area (Å²) in [4.78, 5) is 17.1. The number of aromatic nitrogens is 1. The number of nitro groups is 1. The van der Waals surface area contributed by atoms with Crippen molar-refractivity contribution in [3.8, 4) is 0 Å². The first-order valence-electron chi connectivity index (χ1n) is 7.39. The number of pyridine rings is 1. The van der Waals surface area contributed by atoms with Crippen LogP contribution in [0.5, 0.6) is 0 Å². The van der Waals surface area contributed by atoms with Crippen molar-refractivity contribution in [1.82, 2.24) is 4.98 Å². The number of hydrazine groups is 1. The van der Waals surface area contributed by atoms with E-state index < -0.39 is 4.92 Å². The number of nitrogen functional groups attached to an aromatic ring is 1. The van der Waals surface area contributed by atoms with E-state index in [1.807, 2.05) is 0 Å². The average Bonchev–Trinajstić information content (AvgIpc) is 2.72. The highest BCUT2D eigenvalue weighted by atomic mass is 16.6. The van der Waals surface area contributed by atoms with Gasteiger partial charge in [0.25, 0.3) is 5.69 Å². The van der Waals surface area contributed by atoms with E-state index >= 15 is 0 Å². The van der Waals surface area contributed by atoms with Gasteiger partial charge in [-0.3, -0.25) is 10.1 Å². The molecule has 0 radical (unpaired) electrons. The van der Waals surface area contributed by atoms with Crippen LogP contribution >= 0.6 is 0 Å². The van der Waals surface area contributed by atoms with Gasteiger partial charge in [-0.25, -0.2) is 10.8 Å². The second-order valence-corrected chi connectivity index (χ2v) is 5.89. The van der Waals surface area contributed by atoms with Gasteiger partial charge < -0.3 is 10.3 Å². The Labute approximate surface area is 124 Å². The molecule has 3 N–H and O–H groups in total. The van der Waals surface area contributed by atoms with E-state index in [1.54, 1.807) is 0 Å². The summed E-state index contributed by atoms with van der Waals surface area (Å²) in [5, 5.41) is 11.0. The predicted molar refractivity (Wildman–Crippen MR) is 83.1 cm³/mol. The van der Waals surface area contributed by atoms with Crippen LogP contribution in [0.2, 0.25) is 0 Å². The Morgan fingerprint density at radius 2 is 2.19 bits per heavy atom. The maximum Gasteiger partial charge on any atom is 0.276 e. The predicted octanol–water partition coefficient (Wildman–Crippen LogP) is 2.54. The molecule has 7 nitrogen and oxygen atoms in total. The molecule has 2 rings (SSSR count). The lowest BCUT2D eigenvalue weighted by molar-refractivity contribution is -0.384. The number of rotatable bonds is 4. The van der Waals surface area contributed by atoms with Gasteiger partial charge in [0.1, 0.15) is 11.6 Å². The quantitative estimate of drug-likeness (QED) is 0.503. The fraction of sp³-hybridized carbons (Fsp3) is 0.643. The van der Waals surface area contributed by atoms with Crippen molar-refractivity contribution >= 4 is 17.3 Å². The zero-order chi connectivity index (χ0) is 15.4. The Morgan fingerprint density at radius 1 is 1.43 bits per heavy atom. The highest BCUT2D eigenvalue weighted by Crippen LogP contribution is 2.29. The molecule has 0 aliphatic carbocycles. The minimum absolute atomic E-state index is 0.0117. The van der Waals surface area contributed by atoms with Gasteiger partial charge in [0, 0.05) is 13.1 Å². The Kier molecular flexibility index (Phi) is 4.95. The third-order valence-electron chi connectivity index (χ3n) is 4.19. The lowest BCUT2D eigenvalue weighted by Crippen LogP contribution is -2.26. The van der Waals surface area contributed by atoms with Crippen molar-refractivity contribution in [2.45, 2.75) is 33.1 Å². The summed E-state index contributed by atoms with van der Waals surface area (Å²) < 4.78 is 0. The molecule has 1 aliphatic heterocycles. The van der Waals surface area contributed by atoms with Crippen LogP contribution in [0.25, 0.3) is 0 Å². The monoisotopic (exact) mass is 293 g/mol. The average molecular weight is 293 g/mol. The molecule has 1 aromatic heterocycles. The van der Waals surface area contributed by atoms with Crippen LogP contribution in [0.15, 0.2) is 12.1 Å². The number of nitrogens with zero attached hydrogens (tertiary/aromatic N) is 3. The lowest BCUT2D eigenvalue weighted by atomic mass is 9.89. The Bertz CT molecular complexity index is 506. The summed E-state index contributed by atoms with van der Waals surface area (Å²) in [6.45, 7) is 6.26. The van der Waals surface area contributed by atoms with E-state index in [9.17, 15) is 10.1 Å². The SMILES string of the molecule is CC(C)C1CCCN(c2cc([N+](=O)[O-])cc(NN)n2)CC1. The number of nitrogens with one attached hydrogen (secondary N) is 1. The number of hydrogen-bond donors (Lipinski definition) is 2. The van der Waals surface area contributed by atoms with Crippen molar-refractivity contribution in [3.05, 3.63) is 22.2 Å². The summed E-state index contributed by atoms with van der Waals surface area (Å²) in [7, 11) is 0. The summed E-state index contributed by atoms with van der Waals surface area (Å²) in [6.07, 6.45) is 3.37. The van der Waals surface area contributed by atoms with Crippen molar-refractivity contribution in [2.24, 2.45) is 17.7 Å². The number of nitrogens with two attached hydrogens (primary N) is 1. The summed E-state index contributed by atoms with van der Waals surface area (Å²) in [5.74, 6) is 7.69.